The number of amides is 3. The lowest BCUT2D eigenvalue weighted by Crippen LogP contribution is -2.47. The molecule has 3 amide bonds. The van der Waals surface area contributed by atoms with Crippen LogP contribution >= 0.6 is 0 Å². The van der Waals surface area contributed by atoms with Gasteiger partial charge in [0.2, 0.25) is 5.91 Å². The summed E-state index contributed by atoms with van der Waals surface area (Å²) in [4.78, 5) is 24.7. The monoisotopic (exact) mass is 256 g/mol. The molecule has 0 spiro atoms. The van der Waals surface area contributed by atoms with Crippen LogP contribution in [0.15, 0.2) is 0 Å². The van der Waals surface area contributed by atoms with Gasteiger partial charge in [-0.1, -0.05) is 6.92 Å². The van der Waals surface area contributed by atoms with Crippen molar-refractivity contribution in [2.75, 3.05) is 33.2 Å². The normalized spacial score (nSPS) is 21.4. The van der Waals surface area contributed by atoms with Gasteiger partial charge in [-0.3, -0.25) is 4.79 Å². The van der Waals surface area contributed by atoms with E-state index < -0.39 is 6.03 Å². The van der Waals surface area contributed by atoms with E-state index in [1.54, 1.807) is 0 Å². The topological polar surface area (TPSA) is 87.5 Å². The van der Waals surface area contributed by atoms with E-state index in [2.05, 4.69) is 10.6 Å². The molecule has 18 heavy (non-hydrogen) atoms. The molecule has 1 aliphatic rings. The van der Waals surface area contributed by atoms with Gasteiger partial charge in [0.15, 0.2) is 0 Å². The smallest absolute Gasteiger partial charge is 0.312 e. The van der Waals surface area contributed by atoms with Crippen molar-refractivity contribution in [3.05, 3.63) is 0 Å². The highest BCUT2D eigenvalue weighted by atomic mass is 16.2. The SMILES string of the molecule is CNCC(C)C(=O)N1CCCC(CNC(N)=O)C1. The van der Waals surface area contributed by atoms with E-state index in [1.165, 1.54) is 0 Å². The average Bonchev–Trinajstić information content (AvgIpc) is 2.36. The van der Waals surface area contributed by atoms with Gasteiger partial charge in [0.1, 0.15) is 0 Å². The van der Waals surface area contributed by atoms with Gasteiger partial charge in [-0.25, -0.2) is 4.79 Å². The molecular weight excluding hydrogens is 232 g/mol. The fourth-order valence-electron chi connectivity index (χ4n) is 2.38. The van der Waals surface area contributed by atoms with Crippen LogP contribution in [0.1, 0.15) is 19.8 Å². The average molecular weight is 256 g/mol. The highest BCUT2D eigenvalue weighted by Gasteiger charge is 2.26. The minimum Gasteiger partial charge on any atom is -0.352 e. The molecule has 104 valence electrons. The lowest BCUT2D eigenvalue weighted by Gasteiger charge is -2.34. The van der Waals surface area contributed by atoms with Crippen molar-refractivity contribution >= 4 is 11.9 Å². The van der Waals surface area contributed by atoms with Crippen LogP contribution in [-0.4, -0.2) is 50.1 Å². The Morgan fingerprint density at radius 3 is 2.83 bits per heavy atom. The molecule has 4 N–H and O–H groups in total. The second kappa shape index (κ2) is 7.20. The largest absolute Gasteiger partial charge is 0.352 e. The summed E-state index contributed by atoms with van der Waals surface area (Å²) >= 11 is 0. The molecule has 1 aliphatic heterocycles. The fourth-order valence-corrected chi connectivity index (χ4v) is 2.38. The second-order valence-corrected chi connectivity index (χ2v) is 5.00. The van der Waals surface area contributed by atoms with Crippen molar-refractivity contribution in [1.82, 2.24) is 15.5 Å². The molecule has 0 aliphatic carbocycles. The first-order valence-electron chi connectivity index (χ1n) is 6.51. The molecular formula is C12H24N4O2. The third-order valence-corrected chi connectivity index (χ3v) is 3.33. The minimum absolute atomic E-state index is 0.00199. The van der Waals surface area contributed by atoms with E-state index in [0.717, 1.165) is 19.4 Å². The summed E-state index contributed by atoms with van der Waals surface area (Å²) in [6.45, 7) is 4.72. The molecule has 2 atom stereocenters. The fraction of sp³-hybridized carbons (Fsp3) is 0.833. The second-order valence-electron chi connectivity index (χ2n) is 5.00. The maximum atomic E-state index is 12.1. The van der Waals surface area contributed by atoms with Gasteiger partial charge in [0.25, 0.3) is 0 Å². The Hall–Kier alpha value is -1.30. The van der Waals surface area contributed by atoms with E-state index in [4.69, 9.17) is 5.73 Å². The van der Waals surface area contributed by atoms with Crippen molar-refractivity contribution in [3.8, 4) is 0 Å². The standard InChI is InChI=1S/C12H24N4O2/c1-9(6-14-2)11(17)16-5-3-4-10(8-16)7-15-12(13)18/h9-10,14H,3-8H2,1-2H3,(H3,13,15,18). The Bertz CT molecular complexity index is 296. The zero-order valence-electron chi connectivity index (χ0n) is 11.2. The Balaban J connectivity index is 2.42. The van der Waals surface area contributed by atoms with Crippen LogP contribution in [0.2, 0.25) is 0 Å². The van der Waals surface area contributed by atoms with Crippen molar-refractivity contribution < 1.29 is 9.59 Å². The zero-order valence-corrected chi connectivity index (χ0v) is 11.2. The van der Waals surface area contributed by atoms with Crippen LogP contribution in [0, 0.1) is 11.8 Å². The summed E-state index contributed by atoms with van der Waals surface area (Å²) in [5.74, 6) is 0.503. The van der Waals surface area contributed by atoms with E-state index in [-0.39, 0.29) is 11.8 Å². The van der Waals surface area contributed by atoms with Crippen molar-refractivity contribution in [1.29, 1.82) is 0 Å². The predicted molar refractivity (Wildman–Crippen MR) is 70.0 cm³/mol. The number of primary amides is 1. The quantitative estimate of drug-likeness (QED) is 0.634. The highest BCUT2D eigenvalue weighted by Crippen LogP contribution is 2.17. The third-order valence-electron chi connectivity index (χ3n) is 3.33. The van der Waals surface area contributed by atoms with Gasteiger partial charge in [-0.2, -0.15) is 0 Å². The van der Waals surface area contributed by atoms with Gasteiger partial charge in [0.05, 0.1) is 0 Å². The summed E-state index contributed by atoms with van der Waals surface area (Å²) in [6.07, 6.45) is 2.02. The maximum Gasteiger partial charge on any atom is 0.312 e. The molecule has 6 nitrogen and oxygen atoms in total. The zero-order chi connectivity index (χ0) is 13.5. The molecule has 0 aromatic heterocycles. The Kier molecular flexibility index (Phi) is 5.91. The van der Waals surface area contributed by atoms with Crippen LogP contribution in [0.4, 0.5) is 4.79 Å². The van der Waals surface area contributed by atoms with Crippen molar-refractivity contribution in [2.24, 2.45) is 17.6 Å². The van der Waals surface area contributed by atoms with E-state index in [0.29, 0.717) is 25.6 Å². The first-order valence-corrected chi connectivity index (χ1v) is 6.51. The number of nitrogens with one attached hydrogen (secondary N) is 2. The predicted octanol–water partition coefficient (Wildman–Crippen LogP) is -0.251. The van der Waals surface area contributed by atoms with Crippen molar-refractivity contribution in [2.45, 2.75) is 19.8 Å². The minimum atomic E-state index is -0.498. The Labute approximate surface area is 108 Å². The number of rotatable bonds is 5. The third kappa shape index (κ3) is 4.52. The van der Waals surface area contributed by atoms with Crippen LogP contribution in [-0.2, 0) is 4.79 Å². The van der Waals surface area contributed by atoms with Gasteiger partial charge >= 0.3 is 6.03 Å². The molecule has 1 rings (SSSR count). The number of likely N-dealkylation sites (tertiary alicyclic amines) is 1. The molecule has 2 unspecified atom stereocenters. The summed E-state index contributed by atoms with van der Waals surface area (Å²) in [6, 6.07) is -0.498. The van der Waals surface area contributed by atoms with E-state index >= 15 is 0 Å². The van der Waals surface area contributed by atoms with Crippen LogP contribution in [0.3, 0.4) is 0 Å². The van der Waals surface area contributed by atoms with Crippen LogP contribution in [0.5, 0.6) is 0 Å². The molecule has 0 radical (unpaired) electrons. The van der Waals surface area contributed by atoms with E-state index in [1.807, 2.05) is 18.9 Å². The summed E-state index contributed by atoms with van der Waals surface area (Å²) in [5.41, 5.74) is 5.05. The number of urea groups is 1. The number of hydrogen-bond acceptors (Lipinski definition) is 3. The molecule has 1 fully saturated rings. The van der Waals surface area contributed by atoms with Crippen LogP contribution in [0.25, 0.3) is 0 Å². The lowest BCUT2D eigenvalue weighted by atomic mass is 9.96. The van der Waals surface area contributed by atoms with Gasteiger partial charge in [0, 0.05) is 32.1 Å². The Morgan fingerprint density at radius 1 is 1.50 bits per heavy atom. The summed E-state index contributed by atoms with van der Waals surface area (Å²) in [5, 5.41) is 5.64. The number of nitrogens with zero attached hydrogens (tertiary/aromatic N) is 1. The molecule has 0 bridgehead atoms. The highest BCUT2D eigenvalue weighted by molar-refractivity contribution is 5.78. The van der Waals surface area contributed by atoms with E-state index in [9.17, 15) is 9.59 Å². The maximum absolute atomic E-state index is 12.1. The number of carbonyl (C=O) groups excluding carboxylic acids is 2. The number of carbonyl (C=O) groups is 2. The van der Waals surface area contributed by atoms with Crippen molar-refractivity contribution in [3.63, 3.8) is 0 Å². The van der Waals surface area contributed by atoms with Crippen LogP contribution < -0.4 is 16.4 Å². The van der Waals surface area contributed by atoms with Gasteiger partial charge in [-0.15, -0.1) is 0 Å². The number of nitrogens with two attached hydrogens (primary N) is 1. The molecule has 6 heteroatoms. The molecule has 0 saturated carbocycles. The number of hydrogen-bond donors (Lipinski definition) is 3. The number of piperidine rings is 1. The first-order chi connectivity index (χ1) is 8.54. The molecule has 0 aromatic rings. The molecule has 1 saturated heterocycles. The summed E-state index contributed by atoms with van der Waals surface area (Å²) < 4.78 is 0. The summed E-state index contributed by atoms with van der Waals surface area (Å²) in [7, 11) is 1.85. The van der Waals surface area contributed by atoms with Gasteiger partial charge < -0.3 is 21.3 Å². The molecule has 1 heterocycles. The van der Waals surface area contributed by atoms with Gasteiger partial charge in [-0.05, 0) is 25.8 Å². The molecule has 0 aromatic carbocycles. The first kappa shape index (κ1) is 14.8. The lowest BCUT2D eigenvalue weighted by molar-refractivity contribution is -0.136. The Morgan fingerprint density at radius 2 is 2.22 bits per heavy atom.